The van der Waals surface area contributed by atoms with Crippen molar-refractivity contribution < 1.29 is 4.79 Å². The summed E-state index contributed by atoms with van der Waals surface area (Å²) in [5.74, 6) is 0.148. The normalized spacial score (nSPS) is 25.3. The minimum Gasteiger partial charge on any atom is -0.352 e. The van der Waals surface area contributed by atoms with Gasteiger partial charge in [0.25, 0.3) is 0 Å². The lowest BCUT2D eigenvalue weighted by Crippen LogP contribution is -2.43. The molecule has 1 amide bonds. The van der Waals surface area contributed by atoms with Crippen LogP contribution in [0, 0.1) is 0 Å². The van der Waals surface area contributed by atoms with Crippen LogP contribution in [0.15, 0.2) is 16.8 Å². The molecule has 1 N–H and O–H groups in total. The number of hydrogen-bond acceptors (Lipinski definition) is 2. The van der Waals surface area contributed by atoms with Gasteiger partial charge in [-0.05, 0) is 35.2 Å². The molecule has 1 aliphatic carbocycles. The molecule has 1 fully saturated rings. The van der Waals surface area contributed by atoms with E-state index in [9.17, 15) is 4.79 Å². The average molecular weight is 302 g/mol. The lowest BCUT2D eigenvalue weighted by Gasteiger charge is -2.28. The molecule has 1 heterocycles. The van der Waals surface area contributed by atoms with Crippen LogP contribution in [0.3, 0.4) is 0 Å². The highest BCUT2D eigenvalue weighted by Crippen LogP contribution is 2.24. The Morgan fingerprint density at radius 3 is 3.00 bits per heavy atom. The van der Waals surface area contributed by atoms with E-state index in [1.165, 1.54) is 19.3 Å². The molecule has 0 aromatic carbocycles. The van der Waals surface area contributed by atoms with Gasteiger partial charge in [-0.15, -0.1) is 0 Å². The number of halogens is 1. The van der Waals surface area contributed by atoms with Crippen molar-refractivity contribution in [1.29, 1.82) is 0 Å². The van der Waals surface area contributed by atoms with Gasteiger partial charge in [0.1, 0.15) is 0 Å². The summed E-state index contributed by atoms with van der Waals surface area (Å²) in [5.41, 5.74) is 1.12. The summed E-state index contributed by atoms with van der Waals surface area (Å²) >= 11 is 5.29. The summed E-state index contributed by atoms with van der Waals surface area (Å²) in [5, 5.41) is 7.17. The van der Waals surface area contributed by atoms with E-state index < -0.39 is 0 Å². The Hall–Kier alpha value is -0.350. The summed E-state index contributed by atoms with van der Waals surface area (Å²) in [6.45, 7) is 0. The highest BCUT2D eigenvalue weighted by Gasteiger charge is 2.23. The largest absolute Gasteiger partial charge is 0.352 e. The molecular weight excluding hydrogens is 286 g/mol. The molecule has 88 valence electrons. The Morgan fingerprint density at radius 1 is 1.50 bits per heavy atom. The van der Waals surface area contributed by atoms with Gasteiger partial charge in [0.05, 0.1) is 6.42 Å². The maximum Gasteiger partial charge on any atom is 0.224 e. The summed E-state index contributed by atoms with van der Waals surface area (Å²) in [6.07, 6.45) is 5.28. The third-order valence-electron chi connectivity index (χ3n) is 2.97. The zero-order chi connectivity index (χ0) is 11.4. The first kappa shape index (κ1) is 12.1. The monoisotopic (exact) mass is 301 g/mol. The van der Waals surface area contributed by atoms with E-state index in [2.05, 4.69) is 21.2 Å². The quantitative estimate of drug-likeness (QED) is 0.854. The van der Waals surface area contributed by atoms with Gasteiger partial charge < -0.3 is 5.32 Å². The van der Waals surface area contributed by atoms with Crippen molar-refractivity contribution in [2.45, 2.75) is 43.0 Å². The van der Waals surface area contributed by atoms with Crippen LogP contribution in [0.5, 0.6) is 0 Å². The standard InChI is InChI=1S/C12H16BrNOS/c13-10-3-1-2-4-11(10)14-12(15)7-9-5-6-16-8-9/h5-6,8,10-11H,1-4,7H2,(H,14,15). The smallest absolute Gasteiger partial charge is 0.224 e. The van der Waals surface area contributed by atoms with Gasteiger partial charge in [-0.1, -0.05) is 28.8 Å². The van der Waals surface area contributed by atoms with Crippen molar-refractivity contribution in [2.75, 3.05) is 0 Å². The van der Waals surface area contributed by atoms with Crippen LogP contribution in [0.2, 0.25) is 0 Å². The average Bonchev–Trinajstić information content (AvgIpc) is 2.74. The van der Waals surface area contributed by atoms with Gasteiger partial charge >= 0.3 is 0 Å². The van der Waals surface area contributed by atoms with Gasteiger partial charge in [-0.3, -0.25) is 4.79 Å². The number of carbonyl (C=O) groups is 1. The molecule has 2 atom stereocenters. The summed E-state index contributed by atoms with van der Waals surface area (Å²) in [7, 11) is 0. The number of alkyl halides is 1. The molecule has 0 bridgehead atoms. The fourth-order valence-corrected chi connectivity index (χ4v) is 3.47. The molecule has 1 aromatic heterocycles. The van der Waals surface area contributed by atoms with Gasteiger partial charge in [0.2, 0.25) is 5.91 Å². The maximum atomic E-state index is 11.8. The molecule has 0 saturated heterocycles. The van der Waals surface area contributed by atoms with Crippen molar-refractivity contribution >= 4 is 33.2 Å². The van der Waals surface area contributed by atoms with E-state index in [-0.39, 0.29) is 5.91 Å². The Kier molecular flexibility index (Phi) is 4.41. The van der Waals surface area contributed by atoms with E-state index in [1.54, 1.807) is 11.3 Å². The molecule has 0 radical (unpaired) electrons. The molecule has 1 saturated carbocycles. The zero-order valence-electron chi connectivity index (χ0n) is 9.12. The molecule has 2 unspecified atom stereocenters. The Morgan fingerprint density at radius 2 is 2.31 bits per heavy atom. The zero-order valence-corrected chi connectivity index (χ0v) is 11.5. The van der Waals surface area contributed by atoms with E-state index >= 15 is 0 Å². The summed E-state index contributed by atoms with van der Waals surface area (Å²) < 4.78 is 0. The highest BCUT2D eigenvalue weighted by atomic mass is 79.9. The lowest BCUT2D eigenvalue weighted by molar-refractivity contribution is -0.121. The second-order valence-corrected chi connectivity index (χ2v) is 6.24. The molecule has 1 aromatic rings. The molecule has 1 aliphatic rings. The van der Waals surface area contributed by atoms with Gasteiger partial charge in [-0.25, -0.2) is 0 Å². The SMILES string of the molecule is O=C(Cc1ccsc1)NC1CCCCC1Br. The van der Waals surface area contributed by atoms with Crippen LogP contribution in [0.1, 0.15) is 31.2 Å². The van der Waals surface area contributed by atoms with Crippen LogP contribution < -0.4 is 5.32 Å². The van der Waals surface area contributed by atoms with Crippen molar-refractivity contribution in [2.24, 2.45) is 0 Å². The Labute approximate surface area is 109 Å². The first-order valence-corrected chi connectivity index (χ1v) is 7.56. The van der Waals surface area contributed by atoms with Crippen LogP contribution in [0.25, 0.3) is 0 Å². The molecule has 2 rings (SSSR count). The van der Waals surface area contributed by atoms with Crippen molar-refractivity contribution in [3.8, 4) is 0 Å². The third-order valence-corrected chi connectivity index (χ3v) is 4.80. The van der Waals surface area contributed by atoms with E-state index in [0.717, 1.165) is 12.0 Å². The summed E-state index contributed by atoms with van der Waals surface area (Å²) in [6, 6.07) is 2.33. The Bertz CT molecular complexity index is 339. The maximum absolute atomic E-state index is 11.8. The van der Waals surface area contributed by atoms with Crippen LogP contribution in [-0.4, -0.2) is 16.8 Å². The fourth-order valence-electron chi connectivity index (χ4n) is 2.08. The first-order valence-electron chi connectivity index (χ1n) is 5.70. The minimum absolute atomic E-state index is 0.148. The number of rotatable bonds is 3. The van der Waals surface area contributed by atoms with Crippen LogP contribution >= 0.6 is 27.3 Å². The van der Waals surface area contributed by atoms with Crippen LogP contribution in [0.4, 0.5) is 0 Å². The van der Waals surface area contributed by atoms with Gasteiger partial charge in [0.15, 0.2) is 0 Å². The third kappa shape index (κ3) is 3.32. The van der Waals surface area contributed by atoms with Crippen LogP contribution in [-0.2, 0) is 11.2 Å². The van der Waals surface area contributed by atoms with E-state index in [0.29, 0.717) is 17.3 Å². The number of amides is 1. The second-order valence-electron chi connectivity index (χ2n) is 4.28. The lowest BCUT2D eigenvalue weighted by atomic mass is 9.95. The molecule has 0 spiro atoms. The highest BCUT2D eigenvalue weighted by molar-refractivity contribution is 9.09. The van der Waals surface area contributed by atoms with Crippen molar-refractivity contribution in [3.05, 3.63) is 22.4 Å². The molecule has 16 heavy (non-hydrogen) atoms. The number of nitrogens with one attached hydrogen (secondary N) is 1. The molecule has 2 nitrogen and oxygen atoms in total. The molecule has 0 aliphatic heterocycles. The van der Waals surface area contributed by atoms with E-state index in [4.69, 9.17) is 0 Å². The fraction of sp³-hybridized carbons (Fsp3) is 0.583. The number of hydrogen-bond donors (Lipinski definition) is 1. The predicted molar refractivity (Wildman–Crippen MR) is 71.1 cm³/mol. The minimum atomic E-state index is 0.148. The van der Waals surface area contributed by atoms with Gasteiger partial charge in [-0.2, -0.15) is 11.3 Å². The first-order chi connectivity index (χ1) is 7.75. The topological polar surface area (TPSA) is 29.1 Å². The van der Waals surface area contributed by atoms with Crippen molar-refractivity contribution in [1.82, 2.24) is 5.32 Å². The Balaban J connectivity index is 1.82. The van der Waals surface area contributed by atoms with Crippen molar-refractivity contribution in [3.63, 3.8) is 0 Å². The molecular formula is C12H16BrNOS. The second kappa shape index (κ2) is 5.82. The number of carbonyl (C=O) groups excluding carboxylic acids is 1. The van der Waals surface area contributed by atoms with E-state index in [1.807, 2.05) is 16.8 Å². The number of thiophene rings is 1. The predicted octanol–water partition coefficient (Wildman–Crippen LogP) is 3.11. The van der Waals surface area contributed by atoms with Gasteiger partial charge in [0, 0.05) is 10.9 Å². The molecule has 4 heteroatoms. The summed E-state index contributed by atoms with van der Waals surface area (Å²) in [4.78, 5) is 12.2.